The normalized spacial score (nSPS) is 12.2. The second-order valence-electron chi connectivity index (χ2n) is 3.87. The largest absolute Gasteiger partial charge is 0.496 e. The van der Waals surface area contributed by atoms with Crippen molar-refractivity contribution in [3.63, 3.8) is 0 Å². The molecule has 16 heavy (non-hydrogen) atoms. The first-order valence-corrected chi connectivity index (χ1v) is 5.60. The van der Waals surface area contributed by atoms with Crippen molar-refractivity contribution < 1.29 is 9.47 Å². The van der Waals surface area contributed by atoms with E-state index < -0.39 is 0 Å². The highest BCUT2D eigenvalue weighted by Crippen LogP contribution is 2.36. The van der Waals surface area contributed by atoms with Gasteiger partial charge in [0.05, 0.1) is 14.2 Å². The highest BCUT2D eigenvalue weighted by Gasteiger charge is 2.16. The monoisotopic (exact) mass is 223 g/mol. The molecule has 0 saturated carbocycles. The van der Waals surface area contributed by atoms with Crippen molar-refractivity contribution in [1.82, 2.24) is 5.32 Å². The maximum atomic E-state index is 5.39. The minimum absolute atomic E-state index is 0.415. The maximum Gasteiger partial charge on any atom is 0.126 e. The summed E-state index contributed by atoms with van der Waals surface area (Å²) in [6, 6.07) is 5.91. The fourth-order valence-electron chi connectivity index (χ4n) is 1.87. The summed E-state index contributed by atoms with van der Waals surface area (Å²) < 4.78 is 10.8. The second-order valence-corrected chi connectivity index (χ2v) is 3.87. The molecule has 1 aromatic carbocycles. The van der Waals surface area contributed by atoms with Gasteiger partial charge in [0, 0.05) is 5.56 Å². The van der Waals surface area contributed by atoms with Gasteiger partial charge in [0.15, 0.2) is 0 Å². The van der Waals surface area contributed by atoms with E-state index in [2.05, 4.69) is 12.2 Å². The Morgan fingerprint density at radius 1 is 1.19 bits per heavy atom. The summed E-state index contributed by atoms with van der Waals surface area (Å²) in [5, 5.41) is 3.16. The summed E-state index contributed by atoms with van der Waals surface area (Å²) in [5.74, 6) is 2.23. The molecule has 0 heterocycles. The molecule has 0 fully saturated rings. The predicted molar refractivity (Wildman–Crippen MR) is 66.5 cm³/mol. The SMILES string of the molecule is CNCCC(C)c1c(OC)cccc1OC. The van der Waals surface area contributed by atoms with Gasteiger partial charge in [-0.15, -0.1) is 0 Å². The number of ether oxygens (including phenoxy) is 2. The van der Waals surface area contributed by atoms with Crippen molar-refractivity contribution >= 4 is 0 Å². The van der Waals surface area contributed by atoms with Crippen LogP contribution in [0.2, 0.25) is 0 Å². The molecular formula is C13H21NO2. The smallest absolute Gasteiger partial charge is 0.126 e. The van der Waals surface area contributed by atoms with E-state index in [1.807, 2.05) is 25.2 Å². The lowest BCUT2D eigenvalue weighted by molar-refractivity contribution is 0.378. The van der Waals surface area contributed by atoms with Gasteiger partial charge in [-0.25, -0.2) is 0 Å². The Morgan fingerprint density at radius 3 is 2.19 bits per heavy atom. The Labute approximate surface area is 97.8 Å². The van der Waals surface area contributed by atoms with Crippen LogP contribution in [-0.4, -0.2) is 27.8 Å². The fourth-order valence-corrected chi connectivity index (χ4v) is 1.87. The molecule has 0 spiro atoms. The summed E-state index contributed by atoms with van der Waals surface area (Å²) in [7, 11) is 5.36. The lowest BCUT2D eigenvalue weighted by Gasteiger charge is -2.18. The molecule has 3 nitrogen and oxygen atoms in total. The summed E-state index contributed by atoms with van der Waals surface area (Å²) in [5.41, 5.74) is 1.16. The van der Waals surface area contributed by atoms with Crippen LogP contribution in [0.4, 0.5) is 0 Å². The van der Waals surface area contributed by atoms with Crippen LogP contribution in [0.1, 0.15) is 24.8 Å². The molecule has 0 aliphatic rings. The third-order valence-corrected chi connectivity index (χ3v) is 2.79. The Balaban J connectivity index is 2.97. The van der Waals surface area contributed by atoms with E-state index in [-0.39, 0.29) is 0 Å². The number of hydrogen-bond acceptors (Lipinski definition) is 3. The van der Waals surface area contributed by atoms with Crippen LogP contribution in [0.3, 0.4) is 0 Å². The predicted octanol–water partition coefficient (Wildman–Crippen LogP) is 2.42. The van der Waals surface area contributed by atoms with E-state index in [9.17, 15) is 0 Å². The Bertz CT molecular complexity index is 303. The van der Waals surface area contributed by atoms with E-state index in [0.29, 0.717) is 5.92 Å². The maximum absolute atomic E-state index is 5.39. The standard InChI is InChI=1S/C13H21NO2/c1-10(8-9-14-2)13-11(15-3)6-5-7-12(13)16-4/h5-7,10,14H,8-9H2,1-4H3. The third kappa shape index (κ3) is 2.89. The fraction of sp³-hybridized carbons (Fsp3) is 0.538. The number of methoxy groups -OCH3 is 2. The first-order valence-electron chi connectivity index (χ1n) is 5.60. The van der Waals surface area contributed by atoms with Crippen LogP contribution in [0, 0.1) is 0 Å². The molecule has 1 unspecified atom stereocenters. The van der Waals surface area contributed by atoms with Crippen LogP contribution in [0.15, 0.2) is 18.2 Å². The summed E-state index contributed by atoms with van der Waals surface area (Å²) in [6.45, 7) is 3.18. The van der Waals surface area contributed by atoms with Gasteiger partial charge in [0.2, 0.25) is 0 Å². The van der Waals surface area contributed by atoms with Gasteiger partial charge >= 0.3 is 0 Å². The molecule has 0 amide bonds. The van der Waals surface area contributed by atoms with Crippen LogP contribution in [-0.2, 0) is 0 Å². The minimum Gasteiger partial charge on any atom is -0.496 e. The van der Waals surface area contributed by atoms with Crippen LogP contribution < -0.4 is 14.8 Å². The zero-order valence-corrected chi connectivity index (χ0v) is 10.5. The van der Waals surface area contributed by atoms with Crippen molar-refractivity contribution in [3.05, 3.63) is 23.8 Å². The number of hydrogen-bond donors (Lipinski definition) is 1. The van der Waals surface area contributed by atoms with Crippen molar-refractivity contribution in [2.24, 2.45) is 0 Å². The van der Waals surface area contributed by atoms with Gasteiger partial charge in [-0.3, -0.25) is 0 Å². The van der Waals surface area contributed by atoms with Crippen molar-refractivity contribution in [2.45, 2.75) is 19.3 Å². The van der Waals surface area contributed by atoms with Gasteiger partial charge in [0.1, 0.15) is 11.5 Å². The quantitative estimate of drug-likeness (QED) is 0.803. The topological polar surface area (TPSA) is 30.5 Å². The molecule has 90 valence electrons. The molecule has 0 saturated heterocycles. The first kappa shape index (κ1) is 12.8. The molecule has 0 aromatic heterocycles. The molecule has 0 bridgehead atoms. The molecule has 3 heteroatoms. The average Bonchev–Trinajstić information content (AvgIpc) is 2.34. The summed E-state index contributed by atoms with van der Waals surface area (Å²) >= 11 is 0. The van der Waals surface area contributed by atoms with Gasteiger partial charge in [0.25, 0.3) is 0 Å². The number of rotatable bonds is 6. The molecule has 1 rings (SSSR count). The Kier molecular flexibility index (Phi) is 5.12. The highest BCUT2D eigenvalue weighted by molar-refractivity contribution is 5.46. The molecular weight excluding hydrogens is 202 g/mol. The van der Waals surface area contributed by atoms with E-state index in [4.69, 9.17) is 9.47 Å². The molecule has 1 aromatic rings. The zero-order chi connectivity index (χ0) is 12.0. The second kappa shape index (κ2) is 6.38. The zero-order valence-electron chi connectivity index (χ0n) is 10.5. The minimum atomic E-state index is 0.415. The third-order valence-electron chi connectivity index (χ3n) is 2.79. The van der Waals surface area contributed by atoms with Crippen LogP contribution in [0.5, 0.6) is 11.5 Å². The van der Waals surface area contributed by atoms with Gasteiger partial charge < -0.3 is 14.8 Å². The van der Waals surface area contributed by atoms with E-state index in [1.165, 1.54) is 0 Å². The Morgan fingerprint density at radius 2 is 1.75 bits per heavy atom. The Hall–Kier alpha value is -1.22. The molecule has 1 atom stereocenters. The summed E-state index contributed by atoms with van der Waals surface area (Å²) in [6.07, 6.45) is 1.06. The lowest BCUT2D eigenvalue weighted by atomic mass is 9.95. The van der Waals surface area contributed by atoms with Crippen molar-refractivity contribution in [3.8, 4) is 11.5 Å². The lowest BCUT2D eigenvalue weighted by Crippen LogP contribution is -2.11. The van der Waals surface area contributed by atoms with E-state index in [0.717, 1.165) is 30.0 Å². The van der Waals surface area contributed by atoms with Crippen molar-refractivity contribution in [1.29, 1.82) is 0 Å². The van der Waals surface area contributed by atoms with E-state index >= 15 is 0 Å². The van der Waals surface area contributed by atoms with E-state index in [1.54, 1.807) is 14.2 Å². The van der Waals surface area contributed by atoms with Crippen LogP contribution in [0.25, 0.3) is 0 Å². The summed E-state index contributed by atoms with van der Waals surface area (Å²) in [4.78, 5) is 0. The average molecular weight is 223 g/mol. The van der Waals surface area contributed by atoms with Gasteiger partial charge in [-0.1, -0.05) is 13.0 Å². The molecule has 1 N–H and O–H groups in total. The number of benzene rings is 1. The van der Waals surface area contributed by atoms with Gasteiger partial charge in [-0.05, 0) is 38.1 Å². The first-order chi connectivity index (χ1) is 7.74. The highest BCUT2D eigenvalue weighted by atomic mass is 16.5. The number of nitrogens with one attached hydrogen (secondary N) is 1. The van der Waals surface area contributed by atoms with Gasteiger partial charge in [-0.2, -0.15) is 0 Å². The van der Waals surface area contributed by atoms with Crippen molar-refractivity contribution in [2.75, 3.05) is 27.8 Å². The van der Waals surface area contributed by atoms with Crippen LogP contribution >= 0.6 is 0 Å². The molecule has 0 aliphatic carbocycles. The molecule has 0 aliphatic heterocycles. The molecule has 0 radical (unpaired) electrons.